The minimum Gasteiger partial charge on any atom is -0.492 e. The van der Waals surface area contributed by atoms with Crippen molar-refractivity contribution in [2.45, 2.75) is 98.4 Å². The number of nitrogens with one attached hydrogen (secondary N) is 4. The predicted molar refractivity (Wildman–Crippen MR) is 154 cm³/mol. The first-order valence-corrected chi connectivity index (χ1v) is 15.0. The van der Waals surface area contributed by atoms with Crippen LogP contribution in [0.25, 0.3) is 0 Å². The molecule has 248 valence electrons. The first-order chi connectivity index (χ1) is 20.3. The summed E-state index contributed by atoms with van der Waals surface area (Å²) in [5.74, 6) is -0.798. The molecule has 4 aliphatic rings. The molecule has 3 heterocycles. The molecule has 2 saturated heterocycles. The third kappa shape index (κ3) is 7.66. The van der Waals surface area contributed by atoms with E-state index in [2.05, 4.69) is 21.3 Å². The van der Waals surface area contributed by atoms with Crippen LogP contribution in [0.15, 0.2) is 11.8 Å². The summed E-state index contributed by atoms with van der Waals surface area (Å²) >= 11 is 0. The van der Waals surface area contributed by atoms with E-state index in [1.54, 1.807) is 7.05 Å². The lowest BCUT2D eigenvalue weighted by Crippen LogP contribution is -2.70. The fourth-order valence-electron chi connectivity index (χ4n) is 6.58. The number of hydrogen-bond donors (Lipinski definition) is 12. The summed E-state index contributed by atoms with van der Waals surface area (Å²) in [7, 11) is 1.59. The minimum absolute atomic E-state index is 0.0773. The smallest absolute Gasteiger partial charge is 0.253 e. The highest BCUT2D eigenvalue weighted by Crippen LogP contribution is 2.37. The molecule has 0 bridgehead atoms. The summed E-state index contributed by atoms with van der Waals surface area (Å²) in [4.78, 5) is 13.2. The number of rotatable bonds is 11. The number of β-amino-alcohol motifs (C(OH)–C–C–N with tert-alkyl or cyclic N) is 1. The van der Waals surface area contributed by atoms with Gasteiger partial charge in [0.2, 0.25) is 0 Å². The topological polar surface area (TPSA) is 272 Å². The van der Waals surface area contributed by atoms with Crippen LogP contribution in [-0.2, 0) is 19.0 Å². The van der Waals surface area contributed by atoms with Crippen molar-refractivity contribution in [1.82, 2.24) is 21.3 Å². The van der Waals surface area contributed by atoms with Gasteiger partial charge in [0, 0.05) is 37.6 Å². The summed E-state index contributed by atoms with van der Waals surface area (Å²) in [5, 5.41) is 65.9. The van der Waals surface area contributed by atoms with E-state index in [0.29, 0.717) is 25.3 Å². The van der Waals surface area contributed by atoms with Gasteiger partial charge in [-0.2, -0.15) is 0 Å². The van der Waals surface area contributed by atoms with Gasteiger partial charge in [0.15, 0.2) is 11.9 Å². The lowest BCUT2D eigenvalue weighted by molar-refractivity contribution is -0.297. The van der Waals surface area contributed by atoms with E-state index in [9.17, 15) is 30.3 Å². The van der Waals surface area contributed by atoms with Crippen molar-refractivity contribution < 1.29 is 44.5 Å². The van der Waals surface area contributed by atoms with E-state index in [4.69, 9.17) is 31.4 Å². The van der Waals surface area contributed by atoms with E-state index in [1.807, 2.05) is 6.08 Å². The van der Waals surface area contributed by atoms with Gasteiger partial charge >= 0.3 is 0 Å². The highest BCUT2D eigenvalue weighted by molar-refractivity contribution is 5.86. The number of likely N-dealkylation sites (N-methyl/N-ethyl adjacent to an activating group) is 1. The van der Waals surface area contributed by atoms with Gasteiger partial charge in [-0.05, 0) is 45.9 Å². The maximum absolute atomic E-state index is 13.2. The number of aliphatic hydroxyl groups excluding tert-OH is 3. The molecule has 0 radical (unpaired) electrons. The van der Waals surface area contributed by atoms with Gasteiger partial charge in [-0.25, -0.2) is 0 Å². The van der Waals surface area contributed by atoms with Gasteiger partial charge in [0.1, 0.15) is 29.7 Å². The van der Waals surface area contributed by atoms with Crippen LogP contribution in [0.1, 0.15) is 26.2 Å². The van der Waals surface area contributed by atoms with Crippen LogP contribution in [0.2, 0.25) is 0 Å². The van der Waals surface area contributed by atoms with E-state index < -0.39 is 84.0 Å². The molecule has 0 aromatic carbocycles. The monoisotopic (exact) mass is 617 g/mol. The Morgan fingerprint density at radius 2 is 2.00 bits per heavy atom. The molecule has 4 rings (SSSR count). The summed E-state index contributed by atoms with van der Waals surface area (Å²) in [6.07, 6.45) is -3.85. The Hall–Kier alpha value is -1.51. The van der Waals surface area contributed by atoms with Crippen molar-refractivity contribution in [2.75, 3.05) is 46.4 Å². The molecule has 13 atom stereocenters. The number of hydrogen-bond acceptors (Lipinski definition) is 15. The summed E-state index contributed by atoms with van der Waals surface area (Å²) in [6, 6.07) is -2.88. The SMILES string of the molecule is CN[C@@H]1[C@@H](O)[C@@H](O[C@@H]2[C@@H](O)[C@H](C3OC(CNCC(O)CN)=CC[C@H]3N)[C@@H](N)C[C@H]2NC(=O)C2(O)CCNC2)OC[C@]1(C)O. The van der Waals surface area contributed by atoms with Crippen molar-refractivity contribution >= 4 is 5.91 Å². The average Bonchev–Trinajstić information content (AvgIpc) is 3.41. The number of amides is 1. The fourth-order valence-corrected chi connectivity index (χ4v) is 6.58. The van der Waals surface area contributed by atoms with Crippen molar-refractivity contribution in [3.05, 3.63) is 11.8 Å². The van der Waals surface area contributed by atoms with Gasteiger partial charge in [0.05, 0.1) is 37.4 Å². The molecule has 16 heteroatoms. The number of carbonyl (C=O) groups is 1. The predicted octanol–water partition coefficient (Wildman–Crippen LogP) is -5.75. The van der Waals surface area contributed by atoms with E-state index in [1.165, 1.54) is 6.92 Å². The molecule has 3 fully saturated rings. The zero-order valence-electron chi connectivity index (χ0n) is 24.9. The van der Waals surface area contributed by atoms with Gasteiger partial charge in [-0.1, -0.05) is 0 Å². The van der Waals surface area contributed by atoms with Crippen LogP contribution in [0.3, 0.4) is 0 Å². The number of nitrogens with two attached hydrogens (primary N) is 3. The second-order valence-electron chi connectivity index (χ2n) is 12.6. The first kappa shape index (κ1) is 34.4. The van der Waals surface area contributed by atoms with Gasteiger partial charge < -0.3 is 78.2 Å². The Bertz CT molecular complexity index is 969. The Morgan fingerprint density at radius 1 is 1.26 bits per heavy atom. The van der Waals surface area contributed by atoms with Gasteiger partial charge in [-0.15, -0.1) is 0 Å². The average molecular weight is 618 g/mol. The van der Waals surface area contributed by atoms with Crippen molar-refractivity contribution in [2.24, 2.45) is 23.1 Å². The van der Waals surface area contributed by atoms with E-state index in [-0.39, 0.29) is 39.1 Å². The molecule has 0 aromatic rings. The zero-order valence-corrected chi connectivity index (χ0v) is 24.9. The Balaban J connectivity index is 1.55. The molecular formula is C27H51N7O9. The zero-order chi connectivity index (χ0) is 31.5. The Kier molecular flexibility index (Phi) is 11.4. The Morgan fingerprint density at radius 3 is 2.65 bits per heavy atom. The molecule has 0 aromatic heterocycles. The minimum atomic E-state index is -1.63. The second-order valence-corrected chi connectivity index (χ2v) is 12.6. The van der Waals surface area contributed by atoms with Crippen LogP contribution in [0.4, 0.5) is 0 Å². The maximum atomic E-state index is 13.2. The first-order valence-electron chi connectivity index (χ1n) is 15.0. The molecule has 43 heavy (non-hydrogen) atoms. The molecule has 16 nitrogen and oxygen atoms in total. The van der Waals surface area contributed by atoms with Gasteiger partial charge in [-0.3, -0.25) is 4.79 Å². The standard InChI is InChI=1S/C27H51N7O9/c1-26(39)12-41-24(20(37)23(26)31-2)43-22-17(34-25(38)27(40)5-6-32-11-27)7-16(30)18(19(22)36)21-15(29)4-3-14(42-21)10-33-9-13(35)8-28/h3,13,15-24,31-33,35-37,39-40H,4-12,28-30H2,1-2H3,(H,34,38)/t13?,15-,16+,17-,18-,19+,20-,21?,22+,23-,24-,26+,27?/m1/s1. The summed E-state index contributed by atoms with van der Waals surface area (Å²) < 4.78 is 18.2. The lowest BCUT2D eigenvalue weighted by Gasteiger charge is -2.50. The lowest BCUT2D eigenvalue weighted by atomic mass is 9.72. The van der Waals surface area contributed by atoms with Crippen molar-refractivity contribution in [3.63, 3.8) is 0 Å². The number of aliphatic hydroxyl groups is 5. The number of carbonyl (C=O) groups excluding carboxylic acids is 1. The number of ether oxygens (including phenoxy) is 3. The highest BCUT2D eigenvalue weighted by atomic mass is 16.7. The quantitative estimate of drug-likeness (QED) is 0.103. The van der Waals surface area contributed by atoms with Crippen LogP contribution in [0.5, 0.6) is 0 Å². The maximum Gasteiger partial charge on any atom is 0.253 e. The normalized spacial score (nSPS) is 44.4. The fraction of sp³-hybridized carbons (Fsp3) is 0.889. The van der Waals surface area contributed by atoms with Crippen molar-refractivity contribution in [1.29, 1.82) is 0 Å². The molecule has 1 amide bonds. The third-order valence-corrected chi connectivity index (χ3v) is 9.11. The molecule has 1 aliphatic carbocycles. The Labute approximate surface area is 251 Å². The summed E-state index contributed by atoms with van der Waals surface area (Å²) in [5.41, 5.74) is 15.5. The van der Waals surface area contributed by atoms with Crippen LogP contribution < -0.4 is 38.5 Å². The largest absolute Gasteiger partial charge is 0.492 e. The van der Waals surface area contributed by atoms with Crippen molar-refractivity contribution in [3.8, 4) is 0 Å². The van der Waals surface area contributed by atoms with Gasteiger partial charge in [0.25, 0.3) is 5.91 Å². The molecule has 1 saturated carbocycles. The van der Waals surface area contributed by atoms with Crippen LogP contribution >= 0.6 is 0 Å². The molecule has 15 N–H and O–H groups in total. The molecule has 0 spiro atoms. The molecule has 3 aliphatic heterocycles. The molecule has 3 unspecified atom stereocenters. The third-order valence-electron chi connectivity index (χ3n) is 9.11. The van der Waals surface area contributed by atoms with E-state index >= 15 is 0 Å². The van der Waals surface area contributed by atoms with Crippen LogP contribution in [-0.4, -0.2) is 150 Å². The summed E-state index contributed by atoms with van der Waals surface area (Å²) in [6.45, 7) is 2.59. The molecular weight excluding hydrogens is 566 g/mol. The van der Waals surface area contributed by atoms with E-state index in [0.717, 1.165) is 0 Å². The van der Waals surface area contributed by atoms with Crippen LogP contribution in [0, 0.1) is 5.92 Å². The highest BCUT2D eigenvalue weighted by Gasteiger charge is 2.54. The second kappa shape index (κ2) is 14.3.